The number of nitrogens with one attached hydrogen (secondary N) is 1. The fourth-order valence-corrected chi connectivity index (χ4v) is 6.21. The summed E-state index contributed by atoms with van der Waals surface area (Å²) in [5.41, 5.74) is 2.47. The number of carbonyl (C=O) groups excluding carboxylic acids is 2. The Morgan fingerprint density at radius 1 is 0.976 bits per heavy atom. The van der Waals surface area contributed by atoms with Crippen LogP contribution in [0.15, 0.2) is 53.7 Å². The number of likely N-dealkylation sites (tertiary alicyclic amines) is 2. The highest BCUT2D eigenvalue weighted by atomic mass is 32.2. The highest BCUT2D eigenvalue weighted by molar-refractivity contribution is 7.99. The fraction of sp³-hybridized carbons (Fsp3) is 0.500. The zero-order valence-corrected chi connectivity index (χ0v) is 25.3. The number of amides is 2. The van der Waals surface area contributed by atoms with Gasteiger partial charge in [-0.2, -0.15) is 0 Å². The molecule has 0 radical (unpaired) electrons. The van der Waals surface area contributed by atoms with Crippen LogP contribution in [-0.2, 0) is 13.1 Å². The Morgan fingerprint density at radius 2 is 1.69 bits per heavy atom. The molecule has 2 saturated heterocycles. The van der Waals surface area contributed by atoms with Gasteiger partial charge in [0.1, 0.15) is 5.75 Å². The van der Waals surface area contributed by atoms with Crippen LogP contribution in [0.1, 0.15) is 48.0 Å². The number of ether oxygens (including phenoxy) is 1. The molecule has 2 fully saturated rings. The number of anilines is 1. The van der Waals surface area contributed by atoms with Gasteiger partial charge in [0.05, 0.1) is 6.54 Å². The van der Waals surface area contributed by atoms with Crippen molar-refractivity contribution in [2.75, 3.05) is 52.1 Å². The van der Waals surface area contributed by atoms with E-state index in [0.29, 0.717) is 35.3 Å². The Hall–Kier alpha value is -3.48. The Labute approximate surface area is 251 Å². The van der Waals surface area contributed by atoms with E-state index >= 15 is 0 Å². The maximum Gasteiger partial charge on any atom is 0.415 e. The number of benzene rings is 2. The van der Waals surface area contributed by atoms with Gasteiger partial charge in [-0.15, -0.1) is 5.10 Å². The summed E-state index contributed by atoms with van der Waals surface area (Å²) >= 11 is 1.67. The van der Waals surface area contributed by atoms with Gasteiger partial charge in [0.15, 0.2) is 0 Å². The van der Waals surface area contributed by atoms with Crippen LogP contribution >= 0.6 is 11.8 Å². The molecule has 2 aliphatic rings. The van der Waals surface area contributed by atoms with Crippen LogP contribution in [-0.4, -0.2) is 99.0 Å². The number of thioether (sulfide) groups is 1. The number of nitrogens with zero attached hydrogens (tertiary/aromatic N) is 7. The minimum absolute atomic E-state index is 0.170. The lowest BCUT2D eigenvalue weighted by Gasteiger charge is -2.30. The Morgan fingerprint density at radius 3 is 2.38 bits per heavy atom. The number of likely N-dealkylation sites (N-methyl/N-ethyl adjacent to an activating group) is 1. The number of hydrogen-bond acceptors (Lipinski definition) is 9. The van der Waals surface area contributed by atoms with Gasteiger partial charge in [-0.1, -0.05) is 30.3 Å². The summed E-state index contributed by atoms with van der Waals surface area (Å²) in [6.07, 6.45) is 5.16. The minimum Gasteiger partial charge on any atom is -0.410 e. The largest absolute Gasteiger partial charge is 0.415 e. The lowest BCUT2D eigenvalue weighted by atomic mass is 10.1. The van der Waals surface area contributed by atoms with Crippen molar-refractivity contribution < 1.29 is 14.3 Å². The number of hydrogen-bond donors (Lipinski definition) is 1. The van der Waals surface area contributed by atoms with E-state index in [4.69, 9.17) is 4.74 Å². The molecule has 11 nitrogen and oxygen atoms in total. The predicted molar refractivity (Wildman–Crippen MR) is 163 cm³/mol. The molecule has 224 valence electrons. The molecule has 5 rings (SSSR count). The zero-order chi connectivity index (χ0) is 29.3. The first kappa shape index (κ1) is 30.0. The number of tetrazole rings is 1. The molecule has 2 amide bonds. The van der Waals surface area contributed by atoms with Crippen LogP contribution in [0.3, 0.4) is 0 Å². The zero-order valence-electron chi connectivity index (χ0n) is 24.4. The minimum atomic E-state index is -0.365. The van der Waals surface area contributed by atoms with Crippen LogP contribution in [0.2, 0.25) is 0 Å². The topological polar surface area (TPSA) is 109 Å². The molecule has 0 spiro atoms. The third-order valence-electron chi connectivity index (χ3n) is 7.62. The summed E-state index contributed by atoms with van der Waals surface area (Å²) in [5.74, 6) is 0.272. The van der Waals surface area contributed by atoms with Crippen molar-refractivity contribution >= 4 is 29.4 Å². The van der Waals surface area contributed by atoms with Gasteiger partial charge < -0.3 is 19.9 Å². The summed E-state index contributed by atoms with van der Waals surface area (Å²) in [5, 5.41) is 16.2. The average Bonchev–Trinajstić information content (AvgIpc) is 3.45. The molecule has 0 unspecified atom stereocenters. The smallest absolute Gasteiger partial charge is 0.410 e. The van der Waals surface area contributed by atoms with E-state index in [0.717, 1.165) is 50.7 Å². The molecule has 0 saturated carbocycles. The first-order chi connectivity index (χ1) is 20.4. The molecule has 3 heterocycles. The van der Waals surface area contributed by atoms with Crippen LogP contribution in [0.4, 0.5) is 10.5 Å². The van der Waals surface area contributed by atoms with E-state index in [2.05, 4.69) is 30.6 Å². The van der Waals surface area contributed by atoms with E-state index in [1.54, 1.807) is 40.9 Å². The quantitative estimate of drug-likeness (QED) is 0.370. The van der Waals surface area contributed by atoms with E-state index < -0.39 is 0 Å². The lowest BCUT2D eigenvalue weighted by molar-refractivity contribution is 0.102. The molecule has 1 aromatic heterocycles. The molecular weight excluding hydrogens is 552 g/mol. The first-order valence-corrected chi connectivity index (χ1v) is 15.6. The molecule has 42 heavy (non-hydrogen) atoms. The number of rotatable bonds is 10. The van der Waals surface area contributed by atoms with Gasteiger partial charge >= 0.3 is 6.09 Å². The van der Waals surface area contributed by atoms with Gasteiger partial charge in [0, 0.05) is 42.7 Å². The molecular formula is C30H40N8O3S. The van der Waals surface area contributed by atoms with E-state index in [1.807, 2.05) is 43.0 Å². The van der Waals surface area contributed by atoms with Crippen molar-refractivity contribution in [2.45, 2.75) is 55.6 Å². The maximum absolute atomic E-state index is 12.8. The predicted octanol–water partition coefficient (Wildman–Crippen LogP) is 4.23. The number of aromatic nitrogens is 4. The molecule has 2 aromatic carbocycles. The molecule has 0 atom stereocenters. The second-order valence-electron chi connectivity index (χ2n) is 11.2. The lowest BCUT2D eigenvalue weighted by Crippen LogP contribution is -2.41. The van der Waals surface area contributed by atoms with Crippen molar-refractivity contribution in [2.24, 2.45) is 0 Å². The summed E-state index contributed by atoms with van der Waals surface area (Å²) in [4.78, 5) is 31.8. The van der Waals surface area contributed by atoms with Crippen molar-refractivity contribution in [1.29, 1.82) is 0 Å². The van der Waals surface area contributed by atoms with Crippen LogP contribution < -0.4 is 10.1 Å². The Balaban J connectivity index is 1.05. The summed E-state index contributed by atoms with van der Waals surface area (Å²) in [6.45, 7) is 6.05. The van der Waals surface area contributed by atoms with E-state index in [9.17, 15) is 9.59 Å². The average molecular weight is 593 g/mol. The van der Waals surface area contributed by atoms with Crippen molar-refractivity contribution in [3.63, 3.8) is 0 Å². The Bertz CT molecular complexity index is 1300. The highest BCUT2D eigenvalue weighted by Gasteiger charge is 2.26. The highest BCUT2D eigenvalue weighted by Crippen LogP contribution is 2.29. The molecule has 1 N–H and O–H groups in total. The monoisotopic (exact) mass is 592 g/mol. The summed E-state index contributed by atoms with van der Waals surface area (Å²) in [6, 6.07) is 14.7. The number of carbonyl (C=O) groups is 2. The van der Waals surface area contributed by atoms with Gasteiger partial charge in [-0.3, -0.25) is 9.69 Å². The van der Waals surface area contributed by atoms with Crippen molar-refractivity contribution in [1.82, 2.24) is 34.9 Å². The second kappa shape index (κ2) is 14.6. The second-order valence-corrected chi connectivity index (χ2v) is 12.4. The fourth-order valence-electron chi connectivity index (χ4n) is 5.13. The molecule has 0 bridgehead atoms. The summed E-state index contributed by atoms with van der Waals surface area (Å²) in [7, 11) is 4.05. The van der Waals surface area contributed by atoms with Crippen LogP contribution in [0.25, 0.3) is 0 Å². The van der Waals surface area contributed by atoms with Crippen molar-refractivity contribution in [3.8, 4) is 5.75 Å². The standard InChI is InChI=1S/C30H40N8O3S/c1-35(2)20-21-38-29(32-33-34-38)42-27-14-18-37(19-15-27)30(40)41-26-12-10-25(11-13-26)31-28(39)24-8-6-23(7-9-24)22-36-16-4-3-5-17-36/h6-13,27H,3-5,14-22H2,1-2H3,(H,31,39). The van der Waals surface area contributed by atoms with Gasteiger partial charge in [-0.25, -0.2) is 9.48 Å². The van der Waals surface area contributed by atoms with E-state index in [-0.39, 0.29) is 12.0 Å². The van der Waals surface area contributed by atoms with Gasteiger partial charge in [-0.05, 0) is 105 Å². The normalized spacial score (nSPS) is 16.5. The maximum atomic E-state index is 12.8. The Kier molecular flexibility index (Phi) is 10.4. The molecule has 3 aromatic rings. The third-order valence-corrected chi connectivity index (χ3v) is 8.93. The third kappa shape index (κ3) is 8.52. The molecule has 0 aliphatic carbocycles. The SMILES string of the molecule is CN(C)CCn1nnnc1SC1CCN(C(=O)Oc2ccc(NC(=O)c3ccc(CN4CCCCC4)cc3)cc2)CC1. The molecule has 2 aliphatic heterocycles. The summed E-state index contributed by atoms with van der Waals surface area (Å²) < 4.78 is 7.45. The van der Waals surface area contributed by atoms with Gasteiger partial charge in [0.2, 0.25) is 5.16 Å². The van der Waals surface area contributed by atoms with E-state index in [1.165, 1.54) is 24.8 Å². The van der Waals surface area contributed by atoms with Crippen LogP contribution in [0.5, 0.6) is 5.75 Å². The molecule has 12 heteroatoms. The first-order valence-electron chi connectivity index (χ1n) is 14.7. The van der Waals surface area contributed by atoms with Crippen LogP contribution in [0, 0.1) is 0 Å². The van der Waals surface area contributed by atoms with Crippen molar-refractivity contribution in [3.05, 3.63) is 59.7 Å². The van der Waals surface area contributed by atoms with Gasteiger partial charge in [0.25, 0.3) is 5.91 Å². The number of piperidine rings is 2.